The van der Waals surface area contributed by atoms with Crippen LogP contribution in [0.1, 0.15) is 17.5 Å². The fourth-order valence-electron chi connectivity index (χ4n) is 4.27. The second-order valence-corrected chi connectivity index (χ2v) is 10.3. The van der Waals surface area contributed by atoms with Gasteiger partial charge in [-0.2, -0.15) is 0 Å². The summed E-state index contributed by atoms with van der Waals surface area (Å²) in [6.45, 7) is 0. The molecule has 36 heavy (non-hydrogen) atoms. The van der Waals surface area contributed by atoms with Crippen LogP contribution >= 0.6 is 7.60 Å². The average Bonchev–Trinajstić information content (AvgIpc) is 3.22. The molecule has 9 nitrogen and oxygen atoms in total. The van der Waals surface area contributed by atoms with Crippen molar-refractivity contribution in [1.29, 1.82) is 0 Å². The molecule has 0 aliphatic rings. The van der Waals surface area contributed by atoms with Gasteiger partial charge in [0.05, 0.1) is 14.2 Å². The third kappa shape index (κ3) is 5.71. The Morgan fingerprint density at radius 2 is 1.64 bits per heavy atom. The van der Waals surface area contributed by atoms with Crippen molar-refractivity contribution in [2.75, 3.05) is 14.2 Å². The third-order valence-electron chi connectivity index (χ3n) is 6.14. The lowest BCUT2D eigenvalue weighted by Gasteiger charge is -2.24. The van der Waals surface area contributed by atoms with Gasteiger partial charge in [-0.25, -0.2) is 0 Å². The maximum Gasteiger partial charge on any atom is 0.342 e. The molecule has 0 radical (unpaired) electrons. The van der Waals surface area contributed by atoms with E-state index in [9.17, 15) is 24.3 Å². The number of hydrogen-bond donors (Lipinski definition) is 4. The van der Waals surface area contributed by atoms with Crippen molar-refractivity contribution >= 4 is 35.5 Å². The summed E-state index contributed by atoms with van der Waals surface area (Å²) >= 11 is 0. The van der Waals surface area contributed by atoms with Crippen molar-refractivity contribution in [3.05, 3.63) is 71.8 Å². The van der Waals surface area contributed by atoms with Crippen molar-refractivity contribution in [1.82, 2.24) is 5.32 Å². The first-order valence-electron chi connectivity index (χ1n) is 11.3. The normalized spacial score (nSPS) is 13.6. The fraction of sp³-hybridized carbons (Fsp3) is 0.269. The zero-order chi connectivity index (χ0) is 25.9. The number of carbonyl (C=O) groups is 1. The molecular formula is C26H28NO8P. The van der Waals surface area contributed by atoms with Crippen LogP contribution in [-0.4, -0.2) is 46.9 Å². The van der Waals surface area contributed by atoms with Crippen LogP contribution in [0.15, 0.2) is 65.1 Å². The lowest BCUT2D eigenvalue weighted by Crippen LogP contribution is -2.44. The number of nitrogens with one attached hydrogen (secondary N) is 1. The molecule has 0 saturated carbocycles. The van der Waals surface area contributed by atoms with Gasteiger partial charge in [-0.3, -0.25) is 14.7 Å². The number of carboxylic acids is 1. The van der Waals surface area contributed by atoms with Crippen LogP contribution in [0.5, 0.6) is 11.5 Å². The second-order valence-electron chi connectivity index (χ2n) is 8.52. The molecule has 0 spiro atoms. The van der Waals surface area contributed by atoms with Crippen LogP contribution in [0.25, 0.3) is 21.9 Å². The zero-order valence-electron chi connectivity index (χ0n) is 19.9. The highest BCUT2D eigenvalue weighted by Gasteiger charge is 2.33. The predicted molar refractivity (Wildman–Crippen MR) is 136 cm³/mol. The maximum atomic E-state index is 12.2. The van der Waals surface area contributed by atoms with Crippen molar-refractivity contribution in [2.45, 2.75) is 31.1 Å². The molecule has 0 unspecified atom stereocenters. The Labute approximate surface area is 207 Å². The van der Waals surface area contributed by atoms with E-state index >= 15 is 0 Å². The smallest absolute Gasteiger partial charge is 0.342 e. The second kappa shape index (κ2) is 10.7. The molecule has 0 saturated heterocycles. The first-order valence-corrected chi connectivity index (χ1v) is 13.0. The van der Waals surface area contributed by atoms with Crippen LogP contribution in [0.3, 0.4) is 0 Å². The Morgan fingerprint density at radius 3 is 2.33 bits per heavy atom. The van der Waals surface area contributed by atoms with Gasteiger partial charge in [-0.1, -0.05) is 36.4 Å². The van der Waals surface area contributed by atoms with Crippen molar-refractivity contribution in [2.24, 2.45) is 0 Å². The van der Waals surface area contributed by atoms with E-state index in [2.05, 4.69) is 5.32 Å². The van der Waals surface area contributed by atoms with Gasteiger partial charge >= 0.3 is 13.6 Å². The summed E-state index contributed by atoms with van der Waals surface area (Å²) in [6, 6.07) is 17.0. The molecule has 4 aromatic rings. The number of rotatable bonds is 11. The van der Waals surface area contributed by atoms with Gasteiger partial charge in [0.1, 0.15) is 23.0 Å². The van der Waals surface area contributed by atoms with Crippen LogP contribution < -0.4 is 14.8 Å². The number of benzene rings is 3. The van der Waals surface area contributed by atoms with E-state index in [1.54, 1.807) is 30.3 Å². The number of methoxy groups -OCH3 is 2. The van der Waals surface area contributed by atoms with Crippen molar-refractivity contribution in [3.8, 4) is 11.5 Å². The SMILES string of the molecule is COc1ccc(CC[C@@H](N[C@@H](Cc2ccc3c(c2)oc2ccccc23)C(=O)O)P(=O)(O)O)cc1OC. The molecule has 0 fully saturated rings. The summed E-state index contributed by atoms with van der Waals surface area (Å²) in [5.41, 5.74) is 2.80. The summed E-state index contributed by atoms with van der Waals surface area (Å²) in [4.78, 5) is 31.9. The largest absolute Gasteiger partial charge is 0.493 e. The molecule has 4 rings (SSSR count). The molecule has 3 aromatic carbocycles. The lowest BCUT2D eigenvalue weighted by molar-refractivity contribution is -0.139. The molecular weight excluding hydrogens is 485 g/mol. The highest BCUT2D eigenvalue weighted by molar-refractivity contribution is 7.52. The topological polar surface area (TPSA) is 138 Å². The molecule has 2 atom stereocenters. The van der Waals surface area contributed by atoms with E-state index in [0.717, 1.165) is 21.9 Å². The minimum absolute atomic E-state index is 0.0200. The van der Waals surface area contributed by atoms with Gasteiger partial charge in [0, 0.05) is 10.8 Å². The van der Waals surface area contributed by atoms with Crippen LogP contribution in [-0.2, 0) is 22.2 Å². The van der Waals surface area contributed by atoms with E-state index in [0.29, 0.717) is 29.1 Å². The van der Waals surface area contributed by atoms with Crippen LogP contribution in [0.2, 0.25) is 0 Å². The number of aryl methyl sites for hydroxylation is 1. The Hall–Kier alpha value is -3.36. The van der Waals surface area contributed by atoms with E-state index in [1.165, 1.54) is 14.2 Å². The summed E-state index contributed by atoms with van der Waals surface area (Å²) in [7, 11) is -1.63. The van der Waals surface area contributed by atoms with E-state index in [1.807, 2.05) is 30.3 Å². The summed E-state index contributed by atoms with van der Waals surface area (Å²) < 4.78 is 28.6. The van der Waals surface area contributed by atoms with Crippen molar-refractivity contribution in [3.63, 3.8) is 0 Å². The number of furan rings is 1. The molecule has 190 valence electrons. The average molecular weight is 513 g/mol. The van der Waals surface area contributed by atoms with Crippen molar-refractivity contribution < 1.29 is 38.1 Å². The molecule has 10 heteroatoms. The molecule has 4 N–H and O–H groups in total. The highest BCUT2D eigenvalue weighted by Crippen LogP contribution is 2.42. The van der Waals surface area contributed by atoms with Gasteiger partial charge in [0.25, 0.3) is 0 Å². The summed E-state index contributed by atoms with van der Waals surface area (Å²) in [6.07, 6.45) is 0.335. The molecule has 1 aromatic heterocycles. The van der Waals surface area contributed by atoms with Crippen LogP contribution in [0, 0.1) is 0 Å². The Balaban J connectivity index is 1.51. The zero-order valence-corrected chi connectivity index (χ0v) is 20.8. The molecule has 0 bridgehead atoms. The Morgan fingerprint density at radius 1 is 0.944 bits per heavy atom. The van der Waals surface area contributed by atoms with E-state index < -0.39 is 25.4 Å². The van der Waals surface area contributed by atoms with Gasteiger partial charge < -0.3 is 28.8 Å². The quantitative estimate of drug-likeness (QED) is 0.216. The molecule has 1 heterocycles. The first kappa shape index (κ1) is 25.7. The number of aliphatic carboxylic acids is 1. The monoisotopic (exact) mass is 513 g/mol. The highest BCUT2D eigenvalue weighted by atomic mass is 31.2. The number of fused-ring (bicyclic) bond motifs is 3. The van der Waals surface area contributed by atoms with Gasteiger partial charge in [-0.15, -0.1) is 0 Å². The molecule has 0 amide bonds. The van der Waals surface area contributed by atoms with Gasteiger partial charge in [0.2, 0.25) is 0 Å². The first-order chi connectivity index (χ1) is 17.2. The van der Waals surface area contributed by atoms with E-state index in [4.69, 9.17) is 13.9 Å². The Bertz CT molecular complexity index is 1430. The predicted octanol–water partition coefficient (Wildman–Crippen LogP) is 4.33. The van der Waals surface area contributed by atoms with E-state index in [-0.39, 0.29) is 12.8 Å². The number of carboxylic acid groups (broad SMARTS) is 1. The third-order valence-corrected chi connectivity index (χ3v) is 7.35. The molecule has 0 aliphatic carbocycles. The number of hydrogen-bond acceptors (Lipinski definition) is 6. The lowest BCUT2D eigenvalue weighted by atomic mass is 10.0. The minimum Gasteiger partial charge on any atom is -0.493 e. The number of ether oxygens (including phenoxy) is 2. The molecule has 0 aliphatic heterocycles. The van der Waals surface area contributed by atoms with Gasteiger partial charge in [-0.05, 0) is 54.7 Å². The Kier molecular flexibility index (Phi) is 7.66. The van der Waals surface area contributed by atoms with Crippen LogP contribution in [0.4, 0.5) is 0 Å². The fourth-order valence-corrected chi connectivity index (χ4v) is 5.11. The number of para-hydroxylation sites is 1. The maximum absolute atomic E-state index is 12.2. The van der Waals surface area contributed by atoms with Gasteiger partial charge in [0.15, 0.2) is 11.5 Å². The summed E-state index contributed by atoms with van der Waals surface area (Å²) in [5.74, 6) is -1.51. The standard InChI is InChI=1S/C26H28NO8P/c1-33-22-11-8-16(14-24(22)34-2)9-12-25(36(30,31)32)27-20(26(28)29)13-17-7-10-19-18-5-3-4-6-21(18)35-23(19)15-17/h3-8,10-11,14-15,20,25,27H,9,12-13H2,1-2H3,(H,28,29)(H2,30,31,32)/t20-,25-/m0/s1. The minimum atomic E-state index is -4.65. The summed E-state index contributed by atoms with van der Waals surface area (Å²) in [5, 5.41) is 14.4.